The standard InChI is InChI=1S/C35H20BrN/c36-22-19-17-21(18-20-22)31-32-27-13-5-1-9-23(27)25-11-3-7-15-29(25)34(32)37-35-30-16-8-4-12-26(30)24-10-2-6-14-28(24)33(31)35/h1-20H. The molecule has 1 heterocycles. The molecule has 0 spiro atoms. The van der Waals surface area contributed by atoms with Gasteiger partial charge in [-0.2, -0.15) is 0 Å². The largest absolute Gasteiger partial charge is 0.246 e. The minimum atomic E-state index is 1.06. The maximum absolute atomic E-state index is 5.53. The monoisotopic (exact) mass is 533 g/mol. The van der Waals surface area contributed by atoms with E-state index in [2.05, 4.69) is 137 Å². The van der Waals surface area contributed by atoms with Crippen molar-refractivity contribution in [2.24, 2.45) is 0 Å². The highest BCUT2D eigenvalue weighted by molar-refractivity contribution is 9.10. The number of rotatable bonds is 1. The lowest BCUT2D eigenvalue weighted by molar-refractivity contribution is 1.54. The molecule has 0 aliphatic heterocycles. The van der Waals surface area contributed by atoms with Crippen LogP contribution in [0.5, 0.6) is 0 Å². The van der Waals surface area contributed by atoms with Gasteiger partial charge in [0.2, 0.25) is 0 Å². The summed E-state index contributed by atoms with van der Waals surface area (Å²) in [5.41, 5.74) is 4.55. The zero-order valence-electron chi connectivity index (χ0n) is 19.9. The molecule has 0 radical (unpaired) electrons. The normalized spacial score (nSPS) is 11.9. The van der Waals surface area contributed by atoms with Crippen LogP contribution in [0.25, 0.3) is 76.0 Å². The highest BCUT2D eigenvalue weighted by Crippen LogP contribution is 2.46. The number of halogens is 1. The molecule has 1 nitrogen and oxygen atoms in total. The zero-order chi connectivity index (χ0) is 24.5. The van der Waals surface area contributed by atoms with Gasteiger partial charge in [0.1, 0.15) is 0 Å². The van der Waals surface area contributed by atoms with Crippen LogP contribution < -0.4 is 0 Å². The van der Waals surface area contributed by atoms with Crippen molar-refractivity contribution in [2.45, 2.75) is 0 Å². The average Bonchev–Trinajstić information content (AvgIpc) is 2.97. The van der Waals surface area contributed by atoms with E-state index < -0.39 is 0 Å². The van der Waals surface area contributed by atoms with Crippen LogP contribution in [0.15, 0.2) is 126 Å². The van der Waals surface area contributed by atoms with Crippen molar-refractivity contribution in [3.8, 4) is 11.1 Å². The fourth-order valence-corrected chi connectivity index (χ4v) is 6.39. The first-order valence-corrected chi connectivity index (χ1v) is 13.3. The van der Waals surface area contributed by atoms with Crippen molar-refractivity contribution in [1.29, 1.82) is 0 Å². The number of pyridine rings is 1. The van der Waals surface area contributed by atoms with Crippen LogP contribution in [0.4, 0.5) is 0 Å². The van der Waals surface area contributed by atoms with Gasteiger partial charge in [0.15, 0.2) is 0 Å². The predicted octanol–water partition coefficient (Wildman–Crippen LogP) is 10.4. The zero-order valence-corrected chi connectivity index (χ0v) is 21.5. The van der Waals surface area contributed by atoms with Gasteiger partial charge in [0.25, 0.3) is 0 Å². The topological polar surface area (TPSA) is 12.9 Å². The Hall–Kier alpha value is -4.27. The van der Waals surface area contributed by atoms with Crippen LogP contribution in [-0.4, -0.2) is 4.98 Å². The Morgan fingerprint density at radius 2 is 0.730 bits per heavy atom. The van der Waals surface area contributed by atoms with Crippen LogP contribution in [0, 0.1) is 0 Å². The lowest BCUT2D eigenvalue weighted by atomic mass is 9.86. The Balaban J connectivity index is 1.79. The minimum Gasteiger partial charge on any atom is -0.246 e. The Kier molecular flexibility index (Phi) is 4.44. The molecule has 0 atom stereocenters. The van der Waals surface area contributed by atoms with Crippen LogP contribution in [0.2, 0.25) is 0 Å². The molecule has 37 heavy (non-hydrogen) atoms. The van der Waals surface area contributed by atoms with E-state index >= 15 is 0 Å². The molecular weight excluding hydrogens is 514 g/mol. The Labute approximate surface area is 222 Å². The second-order valence-electron chi connectivity index (χ2n) is 9.62. The summed E-state index contributed by atoms with van der Waals surface area (Å²) in [6.07, 6.45) is 0. The lowest BCUT2D eigenvalue weighted by Gasteiger charge is -2.19. The molecule has 0 aliphatic carbocycles. The molecule has 0 N–H and O–H groups in total. The fourth-order valence-electron chi connectivity index (χ4n) is 6.13. The Morgan fingerprint density at radius 1 is 0.378 bits per heavy atom. The summed E-state index contributed by atoms with van der Waals surface area (Å²) in [6.45, 7) is 0. The summed E-state index contributed by atoms with van der Waals surface area (Å²) in [7, 11) is 0. The second-order valence-corrected chi connectivity index (χ2v) is 10.5. The van der Waals surface area contributed by atoms with Crippen molar-refractivity contribution >= 4 is 80.8 Å². The third-order valence-electron chi connectivity index (χ3n) is 7.67. The molecule has 1 aromatic heterocycles. The molecular formula is C35H20BrN. The molecule has 0 saturated heterocycles. The number of fused-ring (bicyclic) bond motifs is 12. The predicted molar refractivity (Wildman–Crippen MR) is 162 cm³/mol. The maximum atomic E-state index is 5.53. The Bertz CT molecular complexity index is 2060. The first-order chi connectivity index (χ1) is 18.3. The SMILES string of the molecule is Brc1ccc(-c2c3c4ccccc4c4ccccc4c3nc3c4ccccc4c4ccccc4c23)cc1. The van der Waals surface area contributed by atoms with Crippen LogP contribution >= 0.6 is 15.9 Å². The van der Waals surface area contributed by atoms with E-state index in [9.17, 15) is 0 Å². The first kappa shape index (κ1) is 20.9. The molecule has 0 amide bonds. The number of nitrogens with zero attached hydrogens (tertiary/aromatic N) is 1. The smallest absolute Gasteiger partial charge is 0.0801 e. The molecule has 0 saturated carbocycles. The third-order valence-corrected chi connectivity index (χ3v) is 8.20. The van der Waals surface area contributed by atoms with Gasteiger partial charge in [-0.25, -0.2) is 4.98 Å². The van der Waals surface area contributed by atoms with Gasteiger partial charge in [-0.05, 0) is 50.0 Å². The van der Waals surface area contributed by atoms with Gasteiger partial charge in [0, 0.05) is 31.6 Å². The van der Waals surface area contributed by atoms with Gasteiger partial charge < -0.3 is 0 Å². The second kappa shape index (κ2) is 7.86. The molecule has 0 fully saturated rings. The summed E-state index contributed by atoms with van der Waals surface area (Å²) < 4.78 is 1.07. The van der Waals surface area contributed by atoms with Crippen molar-refractivity contribution in [1.82, 2.24) is 4.98 Å². The number of hydrogen-bond acceptors (Lipinski definition) is 1. The molecule has 172 valence electrons. The van der Waals surface area contributed by atoms with Gasteiger partial charge in [-0.3, -0.25) is 0 Å². The third kappa shape index (κ3) is 2.94. The highest BCUT2D eigenvalue weighted by Gasteiger charge is 2.21. The summed E-state index contributed by atoms with van der Waals surface area (Å²) in [5.74, 6) is 0. The Morgan fingerprint density at radius 3 is 1.16 bits per heavy atom. The van der Waals surface area contributed by atoms with Gasteiger partial charge in [-0.1, -0.05) is 125 Å². The van der Waals surface area contributed by atoms with Crippen molar-refractivity contribution < 1.29 is 0 Å². The van der Waals surface area contributed by atoms with E-state index in [4.69, 9.17) is 4.98 Å². The van der Waals surface area contributed by atoms with Crippen molar-refractivity contribution in [2.75, 3.05) is 0 Å². The van der Waals surface area contributed by atoms with E-state index in [1.54, 1.807) is 0 Å². The van der Waals surface area contributed by atoms with Gasteiger partial charge in [0.05, 0.1) is 11.0 Å². The number of aromatic nitrogens is 1. The molecule has 0 aliphatic rings. The summed E-state index contributed by atoms with van der Waals surface area (Å²) >= 11 is 3.65. The summed E-state index contributed by atoms with van der Waals surface area (Å²) in [4.78, 5) is 5.53. The molecule has 2 heteroatoms. The van der Waals surface area contributed by atoms with Gasteiger partial charge in [-0.15, -0.1) is 0 Å². The van der Waals surface area contributed by atoms with E-state index in [0.717, 1.165) is 15.5 Å². The van der Waals surface area contributed by atoms with E-state index in [1.807, 2.05) is 0 Å². The lowest BCUT2D eigenvalue weighted by Crippen LogP contribution is -1.95. The molecule has 8 rings (SSSR count). The van der Waals surface area contributed by atoms with E-state index in [-0.39, 0.29) is 0 Å². The van der Waals surface area contributed by atoms with Crippen LogP contribution in [0.3, 0.4) is 0 Å². The highest BCUT2D eigenvalue weighted by atomic mass is 79.9. The average molecular weight is 534 g/mol. The minimum absolute atomic E-state index is 1.06. The van der Waals surface area contributed by atoms with Crippen LogP contribution in [0.1, 0.15) is 0 Å². The maximum Gasteiger partial charge on any atom is 0.0801 e. The van der Waals surface area contributed by atoms with Gasteiger partial charge >= 0.3 is 0 Å². The molecule has 8 aromatic rings. The van der Waals surface area contributed by atoms with E-state index in [1.165, 1.54) is 65.0 Å². The number of benzene rings is 7. The first-order valence-electron chi connectivity index (χ1n) is 12.5. The number of hydrogen-bond donors (Lipinski definition) is 0. The fraction of sp³-hybridized carbons (Fsp3) is 0. The van der Waals surface area contributed by atoms with Crippen LogP contribution in [-0.2, 0) is 0 Å². The molecule has 0 unspecified atom stereocenters. The molecule has 0 bridgehead atoms. The summed E-state index contributed by atoms with van der Waals surface area (Å²) in [5, 5.41) is 12.3. The van der Waals surface area contributed by atoms with E-state index in [0.29, 0.717) is 0 Å². The van der Waals surface area contributed by atoms with Crippen molar-refractivity contribution in [3.05, 3.63) is 126 Å². The van der Waals surface area contributed by atoms with Crippen molar-refractivity contribution in [3.63, 3.8) is 0 Å². The summed E-state index contributed by atoms with van der Waals surface area (Å²) in [6, 6.07) is 43.7. The quantitative estimate of drug-likeness (QED) is 0.151. The molecule has 7 aromatic carbocycles.